The summed E-state index contributed by atoms with van der Waals surface area (Å²) in [6, 6.07) is 9.06. The van der Waals surface area contributed by atoms with Crippen LogP contribution >= 0.6 is 0 Å². The maximum absolute atomic E-state index is 13.1. The lowest BCUT2D eigenvalue weighted by Crippen LogP contribution is -2.47. The van der Waals surface area contributed by atoms with Gasteiger partial charge in [0.15, 0.2) is 0 Å². The maximum atomic E-state index is 13.1. The van der Waals surface area contributed by atoms with Gasteiger partial charge in [0.1, 0.15) is 0 Å². The number of hydrogen-bond acceptors (Lipinski definition) is 4. The Morgan fingerprint density at radius 3 is 2.34 bits per heavy atom. The minimum Gasteiger partial charge on any atom is -0.350 e. The van der Waals surface area contributed by atoms with Gasteiger partial charge in [-0.15, -0.1) is 0 Å². The fourth-order valence-corrected chi connectivity index (χ4v) is 6.03. The van der Waals surface area contributed by atoms with E-state index in [4.69, 9.17) is 0 Å². The third-order valence-corrected chi connectivity index (χ3v) is 8.15. The molecule has 0 aliphatic carbocycles. The summed E-state index contributed by atoms with van der Waals surface area (Å²) in [5, 5.41) is 2.41. The lowest BCUT2D eigenvalue weighted by Gasteiger charge is -2.34. The molecular weight excluding hydrogens is 390 g/mol. The first-order valence-corrected chi connectivity index (χ1v) is 11.7. The highest BCUT2D eigenvalue weighted by atomic mass is 32.2. The normalized spacial score (nSPS) is 21.9. The predicted octanol–water partition coefficient (Wildman–Crippen LogP) is 1.78. The molecule has 1 unspecified atom stereocenters. The average molecular weight is 420 g/mol. The van der Waals surface area contributed by atoms with Crippen LogP contribution in [0.1, 0.15) is 42.5 Å². The zero-order valence-electron chi connectivity index (χ0n) is 16.6. The van der Waals surface area contributed by atoms with Crippen LogP contribution in [-0.2, 0) is 14.8 Å². The van der Waals surface area contributed by atoms with Crippen molar-refractivity contribution < 1.29 is 18.0 Å². The molecule has 0 saturated carbocycles. The van der Waals surface area contributed by atoms with E-state index < -0.39 is 15.3 Å². The van der Waals surface area contributed by atoms with Crippen molar-refractivity contribution in [3.63, 3.8) is 0 Å². The van der Waals surface area contributed by atoms with Crippen LogP contribution in [-0.4, -0.2) is 66.9 Å². The van der Waals surface area contributed by atoms with Crippen molar-refractivity contribution in [2.24, 2.45) is 0 Å². The lowest BCUT2D eigenvalue weighted by atomic mass is 10.1. The first-order chi connectivity index (χ1) is 13.9. The molecule has 8 heteroatoms. The largest absolute Gasteiger partial charge is 0.350 e. The highest BCUT2D eigenvalue weighted by Gasteiger charge is 2.36. The molecule has 3 rings (SSSR count). The first-order valence-electron chi connectivity index (χ1n) is 10.2. The monoisotopic (exact) mass is 419 g/mol. The Kier molecular flexibility index (Phi) is 7.08. The molecule has 2 aliphatic heterocycles. The van der Waals surface area contributed by atoms with Gasteiger partial charge in [-0.25, -0.2) is 12.7 Å². The molecule has 2 fully saturated rings. The van der Waals surface area contributed by atoms with Crippen molar-refractivity contribution in [2.45, 2.75) is 43.4 Å². The Morgan fingerprint density at radius 2 is 1.69 bits per heavy atom. The second-order valence-electron chi connectivity index (χ2n) is 7.64. The topological polar surface area (TPSA) is 86.8 Å². The van der Waals surface area contributed by atoms with Crippen LogP contribution in [0, 0.1) is 0 Å². The van der Waals surface area contributed by atoms with Crippen molar-refractivity contribution >= 4 is 21.8 Å². The van der Waals surface area contributed by atoms with E-state index in [1.807, 2.05) is 18.2 Å². The Hall–Kier alpha value is -2.19. The smallest absolute Gasteiger partial charge is 0.253 e. The van der Waals surface area contributed by atoms with Crippen LogP contribution in [0.5, 0.6) is 0 Å². The van der Waals surface area contributed by atoms with Gasteiger partial charge >= 0.3 is 0 Å². The molecule has 2 saturated heterocycles. The van der Waals surface area contributed by atoms with Gasteiger partial charge in [-0.1, -0.05) is 24.8 Å². The maximum Gasteiger partial charge on any atom is 0.253 e. The molecule has 1 N–H and O–H groups in total. The van der Waals surface area contributed by atoms with Gasteiger partial charge in [-0.05, 0) is 50.3 Å². The van der Waals surface area contributed by atoms with Crippen LogP contribution < -0.4 is 5.32 Å². The number of hydrogen-bond donors (Lipinski definition) is 1. The van der Waals surface area contributed by atoms with E-state index in [0.29, 0.717) is 57.4 Å². The number of carbonyl (C=O) groups excluding carboxylic acids is 2. The molecule has 2 amide bonds. The molecule has 0 aromatic heterocycles. The summed E-state index contributed by atoms with van der Waals surface area (Å²) in [5.74, 6) is -0.265. The van der Waals surface area contributed by atoms with E-state index >= 15 is 0 Å². The number of carbonyl (C=O) groups is 2. The van der Waals surface area contributed by atoms with Gasteiger partial charge in [-0.2, -0.15) is 0 Å². The second-order valence-corrected chi connectivity index (χ2v) is 9.86. The second kappa shape index (κ2) is 9.54. The highest BCUT2D eigenvalue weighted by Crippen LogP contribution is 2.25. The van der Waals surface area contributed by atoms with Gasteiger partial charge in [0.25, 0.3) is 5.91 Å². The van der Waals surface area contributed by atoms with Crippen molar-refractivity contribution in [1.29, 1.82) is 0 Å². The molecule has 29 heavy (non-hydrogen) atoms. The molecular formula is C21H29N3O4S. The molecule has 2 heterocycles. The zero-order chi connectivity index (χ0) is 20.9. The third kappa shape index (κ3) is 5.25. The minimum absolute atomic E-state index is 0.0222. The van der Waals surface area contributed by atoms with Crippen LogP contribution in [0.4, 0.5) is 0 Å². The molecule has 1 atom stereocenters. The number of piperidine rings is 1. The molecule has 7 nitrogen and oxygen atoms in total. The number of nitrogens with one attached hydrogen (secondary N) is 1. The summed E-state index contributed by atoms with van der Waals surface area (Å²) >= 11 is 0. The molecule has 0 radical (unpaired) electrons. The Labute approximate surface area is 172 Å². The Balaban J connectivity index is 1.56. The molecule has 1 aromatic carbocycles. The third-order valence-electron chi connectivity index (χ3n) is 5.75. The summed E-state index contributed by atoms with van der Waals surface area (Å²) in [4.78, 5) is 25.8. The van der Waals surface area contributed by atoms with Gasteiger partial charge in [0.2, 0.25) is 15.9 Å². The van der Waals surface area contributed by atoms with Gasteiger partial charge in [0.05, 0.1) is 5.25 Å². The summed E-state index contributed by atoms with van der Waals surface area (Å²) in [6.45, 7) is 5.24. The van der Waals surface area contributed by atoms with E-state index in [1.165, 1.54) is 6.08 Å². The standard InChI is InChI=1S/C21H29N3O4S/c1-2-20(25)22-18-9-6-13-24(16-10-18)29(27,28)19-11-14-23(15-12-19)21(26)17-7-4-3-5-8-17/h2-5,7-8,18-19H,1,6,9-16H2,(H,22,25). The number of benzene rings is 1. The van der Waals surface area contributed by atoms with Crippen LogP contribution in [0.15, 0.2) is 43.0 Å². The fraction of sp³-hybridized carbons (Fsp3) is 0.524. The van der Waals surface area contributed by atoms with Crippen molar-refractivity contribution in [3.8, 4) is 0 Å². The number of rotatable bonds is 5. The Morgan fingerprint density at radius 1 is 1.00 bits per heavy atom. The summed E-state index contributed by atoms with van der Waals surface area (Å²) in [6.07, 6.45) is 4.22. The first kappa shape index (κ1) is 21.5. The fourth-order valence-electron chi connectivity index (χ4n) is 4.06. The summed E-state index contributed by atoms with van der Waals surface area (Å²) in [7, 11) is -3.42. The summed E-state index contributed by atoms with van der Waals surface area (Å²) < 4.78 is 27.9. The van der Waals surface area contributed by atoms with Crippen LogP contribution in [0.2, 0.25) is 0 Å². The number of likely N-dealkylation sites (tertiary alicyclic amines) is 1. The highest BCUT2D eigenvalue weighted by molar-refractivity contribution is 7.89. The van der Waals surface area contributed by atoms with Crippen LogP contribution in [0.3, 0.4) is 0 Å². The lowest BCUT2D eigenvalue weighted by molar-refractivity contribution is -0.117. The van der Waals surface area contributed by atoms with Gasteiger partial charge in [0, 0.05) is 37.8 Å². The van der Waals surface area contributed by atoms with E-state index in [-0.39, 0.29) is 17.9 Å². The van der Waals surface area contributed by atoms with E-state index in [0.717, 1.165) is 6.42 Å². The number of nitrogens with zero attached hydrogens (tertiary/aromatic N) is 2. The van der Waals surface area contributed by atoms with Gasteiger partial charge in [-0.3, -0.25) is 9.59 Å². The average Bonchev–Trinajstić information content (AvgIpc) is 3.00. The number of sulfonamides is 1. The number of amides is 2. The van der Waals surface area contributed by atoms with Crippen molar-refractivity contribution in [3.05, 3.63) is 48.6 Å². The predicted molar refractivity (Wildman–Crippen MR) is 112 cm³/mol. The zero-order valence-corrected chi connectivity index (χ0v) is 17.4. The van der Waals surface area contributed by atoms with Crippen LogP contribution in [0.25, 0.3) is 0 Å². The molecule has 0 bridgehead atoms. The minimum atomic E-state index is -3.42. The van der Waals surface area contributed by atoms with E-state index in [1.54, 1.807) is 21.3 Å². The van der Waals surface area contributed by atoms with Crippen molar-refractivity contribution in [1.82, 2.24) is 14.5 Å². The molecule has 2 aliphatic rings. The quantitative estimate of drug-likeness (QED) is 0.737. The molecule has 0 spiro atoms. The SMILES string of the molecule is C=CC(=O)NC1CCCN(S(=O)(=O)C2CCN(C(=O)c3ccccc3)CC2)CC1. The Bertz CT molecular complexity index is 833. The van der Waals surface area contributed by atoms with Crippen molar-refractivity contribution in [2.75, 3.05) is 26.2 Å². The molecule has 1 aromatic rings. The molecule has 158 valence electrons. The van der Waals surface area contributed by atoms with E-state index in [9.17, 15) is 18.0 Å². The van der Waals surface area contributed by atoms with Gasteiger partial charge < -0.3 is 10.2 Å². The summed E-state index contributed by atoms with van der Waals surface area (Å²) in [5.41, 5.74) is 0.633. The van der Waals surface area contributed by atoms with E-state index in [2.05, 4.69) is 11.9 Å².